The van der Waals surface area contributed by atoms with Crippen LogP contribution < -0.4 is 11.1 Å². The van der Waals surface area contributed by atoms with Gasteiger partial charge >= 0.3 is 12.3 Å². The van der Waals surface area contributed by atoms with E-state index in [2.05, 4.69) is 15.3 Å². The average molecular weight is 275 g/mol. The Labute approximate surface area is 107 Å². The number of hydrogen-bond donors (Lipinski definition) is 2. The molecule has 0 aromatic heterocycles. The third-order valence-electron chi connectivity index (χ3n) is 2.02. The molecule has 0 atom stereocenters. The summed E-state index contributed by atoms with van der Waals surface area (Å²) in [4.78, 5) is 15.6. The second kappa shape index (κ2) is 6.19. The van der Waals surface area contributed by atoms with Gasteiger partial charge in [0.25, 0.3) is 0 Å². The first-order valence-corrected chi connectivity index (χ1v) is 5.21. The van der Waals surface area contributed by atoms with E-state index >= 15 is 0 Å². The Morgan fingerprint density at radius 1 is 1.47 bits per heavy atom. The van der Waals surface area contributed by atoms with Crippen molar-refractivity contribution in [3.05, 3.63) is 29.8 Å². The fourth-order valence-corrected chi connectivity index (χ4v) is 1.07. The minimum Gasteiger partial charge on any atom is -0.325 e. The molecule has 0 aliphatic rings. The predicted octanol–water partition coefficient (Wildman–Crippen LogP) is 2.59. The van der Waals surface area contributed by atoms with Crippen LogP contribution in [0.4, 0.5) is 23.7 Å². The Morgan fingerprint density at radius 3 is 2.74 bits per heavy atom. The van der Waals surface area contributed by atoms with Crippen LogP contribution in [-0.4, -0.2) is 18.3 Å². The van der Waals surface area contributed by atoms with Crippen molar-refractivity contribution in [3.8, 4) is 0 Å². The molecule has 8 heteroatoms. The van der Waals surface area contributed by atoms with Crippen molar-refractivity contribution in [2.45, 2.75) is 13.1 Å². The number of amides is 1. The normalized spacial score (nSPS) is 12.2. The second-order valence-electron chi connectivity index (χ2n) is 3.61. The van der Waals surface area contributed by atoms with Crippen molar-refractivity contribution >= 4 is 17.5 Å². The maximum atomic E-state index is 12.4. The molecule has 0 saturated carbocycles. The molecule has 1 amide bonds. The van der Waals surface area contributed by atoms with Gasteiger partial charge in [-0.1, -0.05) is 11.2 Å². The summed E-state index contributed by atoms with van der Waals surface area (Å²) >= 11 is 0. The smallest absolute Gasteiger partial charge is 0.325 e. The van der Waals surface area contributed by atoms with Crippen molar-refractivity contribution in [2.24, 2.45) is 10.9 Å². The molecule has 0 unspecified atom stereocenters. The van der Waals surface area contributed by atoms with Crippen LogP contribution in [0.1, 0.15) is 12.5 Å². The Hall–Kier alpha value is -2.09. The molecule has 3 N–H and O–H groups in total. The van der Waals surface area contributed by atoms with Gasteiger partial charge in [0.2, 0.25) is 0 Å². The van der Waals surface area contributed by atoms with E-state index in [1.807, 2.05) is 0 Å². The van der Waals surface area contributed by atoms with Gasteiger partial charge in [-0.25, -0.2) is 4.79 Å². The van der Waals surface area contributed by atoms with E-state index in [4.69, 9.17) is 5.73 Å². The lowest BCUT2D eigenvalue weighted by Crippen LogP contribution is -2.15. The van der Waals surface area contributed by atoms with E-state index in [0.717, 1.165) is 12.1 Å². The van der Waals surface area contributed by atoms with E-state index in [1.165, 1.54) is 19.1 Å². The van der Waals surface area contributed by atoms with Gasteiger partial charge in [0.05, 0.1) is 11.3 Å². The number of anilines is 1. The van der Waals surface area contributed by atoms with Gasteiger partial charge in [-0.3, -0.25) is 10.2 Å². The van der Waals surface area contributed by atoms with Gasteiger partial charge in [-0.15, -0.1) is 0 Å². The van der Waals surface area contributed by atoms with Crippen LogP contribution in [0.5, 0.6) is 0 Å². The lowest BCUT2D eigenvalue weighted by atomic mass is 10.2. The highest BCUT2D eigenvalue weighted by Gasteiger charge is 2.30. The number of nitrogens with zero attached hydrogens (tertiary/aromatic N) is 1. The zero-order chi connectivity index (χ0) is 14.5. The summed E-state index contributed by atoms with van der Waals surface area (Å²) in [5, 5.41) is 5.49. The van der Waals surface area contributed by atoms with Gasteiger partial charge in [0.1, 0.15) is 0 Å². The highest BCUT2D eigenvalue weighted by Crippen LogP contribution is 2.30. The third-order valence-corrected chi connectivity index (χ3v) is 2.02. The maximum absolute atomic E-state index is 12.4. The summed E-state index contributed by atoms with van der Waals surface area (Å²) in [5.41, 5.74) is 4.68. The summed E-state index contributed by atoms with van der Waals surface area (Å²) in [5.74, 6) is 0. The molecule has 0 bridgehead atoms. The average Bonchev–Trinajstić information content (AvgIpc) is 2.35. The minimum absolute atomic E-state index is 0.0413. The van der Waals surface area contributed by atoms with Gasteiger partial charge in [-0.05, 0) is 25.1 Å². The molecule has 0 radical (unpaired) electrons. The molecular formula is C11H12F3N3O2. The number of benzene rings is 1. The lowest BCUT2D eigenvalue weighted by molar-refractivity contribution is -0.137. The Bertz CT molecular complexity index is 486. The predicted molar refractivity (Wildman–Crippen MR) is 63.7 cm³/mol. The van der Waals surface area contributed by atoms with Crippen LogP contribution in [0.25, 0.3) is 0 Å². The monoisotopic (exact) mass is 275 g/mol. The summed E-state index contributed by atoms with van der Waals surface area (Å²) < 4.78 is 37.3. The lowest BCUT2D eigenvalue weighted by Gasteiger charge is -2.08. The summed E-state index contributed by atoms with van der Waals surface area (Å²) in [7, 11) is 0. The van der Waals surface area contributed by atoms with E-state index in [9.17, 15) is 18.0 Å². The first kappa shape index (κ1) is 15.0. The highest BCUT2D eigenvalue weighted by atomic mass is 19.4. The molecule has 1 aromatic carbocycles. The first-order valence-electron chi connectivity index (χ1n) is 5.21. The van der Waals surface area contributed by atoms with E-state index in [1.54, 1.807) is 0 Å². The topological polar surface area (TPSA) is 76.7 Å². The van der Waals surface area contributed by atoms with Crippen LogP contribution in [0.15, 0.2) is 29.4 Å². The van der Waals surface area contributed by atoms with Gasteiger partial charge in [0.15, 0.2) is 0 Å². The molecule has 0 heterocycles. The molecule has 0 aliphatic carbocycles. The molecule has 0 fully saturated rings. The number of rotatable bonds is 3. The van der Waals surface area contributed by atoms with E-state index in [0.29, 0.717) is 5.71 Å². The Morgan fingerprint density at radius 2 is 2.16 bits per heavy atom. The van der Waals surface area contributed by atoms with Crippen molar-refractivity contribution in [1.29, 1.82) is 0 Å². The van der Waals surface area contributed by atoms with Gasteiger partial charge < -0.3 is 5.73 Å². The Balaban J connectivity index is 2.70. The molecular weight excluding hydrogens is 263 g/mol. The van der Waals surface area contributed by atoms with Crippen molar-refractivity contribution < 1.29 is 22.8 Å². The maximum Gasteiger partial charge on any atom is 0.437 e. The summed E-state index contributed by atoms with van der Waals surface area (Å²) in [6, 6.07) is 4.16. The fraction of sp³-hybridized carbons (Fsp3) is 0.273. The number of alkyl halides is 3. The molecule has 1 rings (SSSR count). The molecule has 1 aromatic rings. The molecule has 19 heavy (non-hydrogen) atoms. The van der Waals surface area contributed by atoms with Crippen LogP contribution in [0, 0.1) is 0 Å². The molecule has 0 saturated heterocycles. The number of hydrogen-bond acceptors (Lipinski definition) is 4. The molecule has 5 nitrogen and oxygen atoms in total. The number of nitrogens with two attached hydrogens (primary N) is 1. The number of carbonyl (C=O) groups is 1. The van der Waals surface area contributed by atoms with Crippen LogP contribution >= 0.6 is 0 Å². The number of carbonyl (C=O) groups excluding carboxylic acids is 1. The fourth-order valence-electron chi connectivity index (χ4n) is 1.07. The van der Waals surface area contributed by atoms with Crippen LogP contribution in [0.2, 0.25) is 0 Å². The van der Waals surface area contributed by atoms with Crippen molar-refractivity contribution in [1.82, 2.24) is 0 Å². The number of halogens is 3. The van der Waals surface area contributed by atoms with Gasteiger partial charge in [-0.2, -0.15) is 13.2 Å². The summed E-state index contributed by atoms with van der Waals surface area (Å²) in [6.07, 6.45) is -5.47. The van der Waals surface area contributed by atoms with Crippen molar-refractivity contribution in [3.63, 3.8) is 0 Å². The second-order valence-corrected chi connectivity index (χ2v) is 3.61. The van der Waals surface area contributed by atoms with Crippen LogP contribution in [0.3, 0.4) is 0 Å². The molecule has 0 aliphatic heterocycles. The molecule has 104 valence electrons. The minimum atomic E-state index is -4.48. The standard InChI is InChI=1S/C11H12F3N3O2/c1-7(6-15)17-19-10(18)16-9-4-2-3-8(5-9)11(12,13)14/h2-5H,6,15H2,1H3,(H,16,18)/b17-7+. The largest absolute Gasteiger partial charge is 0.437 e. The van der Waals surface area contributed by atoms with Crippen molar-refractivity contribution in [2.75, 3.05) is 11.9 Å². The quantitative estimate of drug-likeness (QED) is 0.505. The van der Waals surface area contributed by atoms with Gasteiger partial charge in [0, 0.05) is 12.2 Å². The zero-order valence-electron chi connectivity index (χ0n) is 9.99. The van der Waals surface area contributed by atoms with E-state index in [-0.39, 0.29) is 12.2 Å². The molecule has 0 spiro atoms. The SMILES string of the molecule is C/C(CN)=N\OC(=O)Nc1cccc(C(F)(F)F)c1. The zero-order valence-corrected chi connectivity index (χ0v) is 9.99. The first-order chi connectivity index (χ1) is 8.82. The summed E-state index contributed by atoms with van der Waals surface area (Å²) in [6.45, 7) is 1.65. The van der Waals surface area contributed by atoms with E-state index < -0.39 is 17.8 Å². The highest BCUT2D eigenvalue weighted by molar-refractivity contribution is 5.87. The third kappa shape index (κ3) is 4.96. The van der Waals surface area contributed by atoms with Crippen LogP contribution in [-0.2, 0) is 11.0 Å². The number of nitrogens with one attached hydrogen (secondary N) is 1. The number of oxime groups is 1. The Kier molecular flexibility index (Phi) is 4.87.